The summed E-state index contributed by atoms with van der Waals surface area (Å²) in [6.45, 7) is 5.66. The van der Waals surface area contributed by atoms with Crippen LogP contribution in [0.5, 0.6) is 0 Å². The first-order chi connectivity index (χ1) is 12.4. The van der Waals surface area contributed by atoms with E-state index in [-0.39, 0.29) is 46.3 Å². The Kier molecular flexibility index (Phi) is 6.18. The Labute approximate surface area is 168 Å². The van der Waals surface area contributed by atoms with E-state index < -0.39 is 0 Å². The van der Waals surface area contributed by atoms with Crippen LogP contribution in [0.15, 0.2) is 50.6 Å². The molecule has 0 fully saturated rings. The van der Waals surface area contributed by atoms with Crippen molar-refractivity contribution in [1.29, 1.82) is 5.41 Å². The molecule has 0 spiro atoms. The summed E-state index contributed by atoms with van der Waals surface area (Å²) in [6.07, 6.45) is 6.39. The van der Waals surface area contributed by atoms with Gasteiger partial charge in [-0.2, -0.15) is 5.10 Å². The monoisotopic (exact) mass is 416 g/mol. The summed E-state index contributed by atoms with van der Waals surface area (Å²) in [5.74, 6) is -0.475. The average molecular weight is 417 g/mol. The fourth-order valence-corrected chi connectivity index (χ4v) is 3.22. The van der Waals surface area contributed by atoms with E-state index in [1.54, 1.807) is 32.2 Å². The predicted molar refractivity (Wildman–Crippen MR) is 98.9 cm³/mol. The first-order valence-electron chi connectivity index (χ1n) is 8.58. The normalized spacial score (nSPS) is 22.1. The molecule has 2 heterocycles. The van der Waals surface area contributed by atoms with Crippen molar-refractivity contribution in [2.45, 2.75) is 39.7 Å². The molecule has 3 aliphatic rings. The van der Waals surface area contributed by atoms with Gasteiger partial charge in [0, 0.05) is 18.7 Å². The van der Waals surface area contributed by atoms with Gasteiger partial charge in [-0.15, -0.1) is 10.2 Å². The van der Waals surface area contributed by atoms with E-state index in [1.807, 2.05) is 13.8 Å². The SMILES string of the molecule is CCC(CC)N1C(=O)C2=CC=CC(=NN=C3C(=N)N(C)N=C3C)C2=C1[O-].[Cu+2]. The van der Waals surface area contributed by atoms with Gasteiger partial charge in [0.25, 0.3) is 5.91 Å². The maximum absolute atomic E-state index is 12.9. The zero-order chi connectivity index (χ0) is 19.0. The van der Waals surface area contributed by atoms with Gasteiger partial charge < -0.3 is 10.0 Å². The fourth-order valence-electron chi connectivity index (χ4n) is 3.22. The van der Waals surface area contributed by atoms with Gasteiger partial charge in [0.05, 0.1) is 17.0 Å². The number of rotatable bonds is 4. The number of hydrogen-bond acceptors (Lipinski definition) is 6. The Balaban J connectivity index is 0.00000261. The van der Waals surface area contributed by atoms with Crippen LogP contribution in [0.2, 0.25) is 0 Å². The zero-order valence-electron chi connectivity index (χ0n) is 15.6. The topological polar surface area (TPSA) is 108 Å². The van der Waals surface area contributed by atoms with E-state index in [4.69, 9.17) is 5.41 Å². The van der Waals surface area contributed by atoms with Crippen molar-refractivity contribution in [2.75, 3.05) is 7.05 Å². The van der Waals surface area contributed by atoms with Crippen molar-refractivity contribution in [3.63, 3.8) is 0 Å². The van der Waals surface area contributed by atoms with Crippen molar-refractivity contribution < 1.29 is 27.0 Å². The number of nitrogens with zero attached hydrogens (tertiary/aromatic N) is 5. The molecule has 2 aliphatic heterocycles. The number of nitrogens with one attached hydrogen (secondary N) is 1. The van der Waals surface area contributed by atoms with E-state index in [0.717, 1.165) is 0 Å². The van der Waals surface area contributed by atoms with E-state index in [1.165, 1.54) is 9.91 Å². The van der Waals surface area contributed by atoms with Crippen molar-refractivity contribution in [3.8, 4) is 0 Å². The Morgan fingerprint density at radius 1 is 1.30 bits per heavy atom. The van der Waals surface area contributed by atoms with E-state index in [9.17, 15) is 9.90 Å². The van der Waals surface area contributed by atoms with Crippen molar-refractivity contribution >= 4 is 28.9 Å². The van der Waals surface area contributed by atoms with Crippen molar-refractivity contribution in [2.24, 2.45) is 15.3 Å². The van der Waals surface area contributed by atoms with Crippen LogP contribution in [0.25, 0.3) is 0 Å². The smallest absolute Gasteiger partial charge is 0.859 e. The number of allylic oxidation sites excluding steroid dienone is 3. The first-order valence-corrected chi connectivity index (χ1v) is 8.58. The van der Waals surface area contributed by atoms with Crippen LogP contribution >= 0.6 is 0 Å². The third kappa shape index (κ3) is 3.40. The van der Waals surface area contributed by atoms with Crippen LogP contribution < -0.4 is 5.11 Å². The summed E-state index contributed by atoms with van der Waals surface area (Å²) in [6, 6.07) is -0.132. The van der Waals surface area contributed by atoms with Gasteiger partial charge in [-0.3, -0.25) is 10.2 Å². The number of carbonyl (C=O) groups is 1. The molecular weight excluding hydrogens is 396 g/mol. The third-order valence-electron chi connectivity index (χ3n) is 4.68. The molecule has 8 nitrogen and oxygen atoms in total. The van der Waals surface area contributed by atoms with E-state index in [2.05, 4.69) is 15.3 Å². The summed E-state index contributed by atoms with van der Waals surface area (Å²) in [5, 5.41) is 34.7. The molecule has 0 aromatic heterocycles. The molecule has 0 atom stereocenters. The second kappa shape index (κ2) is 8.02. The molecule has 0 unspecified atom stereocenters. The Morgan fingerprint density at radius 3 is 2.52 bits per heavy atom. The molecule has 0 saturated carbocycles. The quantitative estimate of drug-likeness (QED) is 0.549. The van der Waals surface area contributed by atoms with Crippen LogP contribution in [0, 0.1) is 5.41 Å². The van der Waals surface area contributed by atoms with Crippen LogP contribution in [0.3, 0.4) is 0 Å². The number of amides is 1. The molecule has 145 valence electrons. The number of hydrazone groups is 1. The summed E-state index contributed by atoms with van der Waals surface area (Å²) in [4.78, 5) is 14.0. The number of amidine groups is 1. The molecule has 1 radical (unpaired) electrons. The van der Waals surface area contributed by atoms with Crippen molar-refractivity contribution in [3.05, 3.63) is 35.3 Å². The van der Waals surface area contributed by atoms with Gasteiger partial charge in [0.1, 0.15) is 0 Å². The van der Waals surface area contributed by atoms with Crippen LogP contribution in [0.1, 0.15) is 33.6 Å². The second-order valence-electron chi connectivity index (χ2n) is 6.26. The second-order valence-corrected chi connectivity index (χ2v) is 6.26. The van der Waals surface area contributed by atoms with Crippen LogP contribution in [-0.4, -0.2) is 51.9 Å². The summed E-state index contributed by atoms with van der Waals surface area (Å²) in [7, 11) is 1.66. The van der Waals surface area contributed by atoms with Crippen LogP contribution in [-0.2, 0) is 21.9 Å². The molecular formula is C18H21CuN6O2+. The number of fused-ring (bicyclic) bond motifs is 1. The fraction of sp³-hybridized carbons (Fsp3) is 0.389. The molecule has 1 aliphatic carbocycles. The van der Waals surface area contributed by atoms with Crippen molar-refractivity contribution in [1.82, 2.24) is 9.91 Å². The maximum Gasteiger partial charge on any atom is 2.00 e. The molecule has 3 rings (SSSR count). The molecule has 27 heavy (non-hydrogen) atoms. The first kappa shape index (κ1) is 20.8. The molecule has 9 heteroatoms. The Hall–Kier alpha value is -2.51. The summed E-state index contributed by atoms with van der Waals surface area (Å²) >= 11 is 0. The van der Waals surface area contributed by atoms with E-state index >= 15 is 0 Å². The minimum absolute atomic E-state index is 0. The van der Waals surface area contributed by atoms with Gasteiger partial charge in [-0.05, 0) is 37.8 Å². The van der Waals surface area contributed by atoms with Gasteiger partial charge >= 0.3 is 17.1 Å². The average Bonchev–Trinajstić information content (AvgIpc) is 3.02. The minimum Gasteiger partial charge on any atom is -0.859 e. The predicted octanol–water partition coefficient (Wildman–Crippen LogP) is 1.18. The molecule has 1 amide bonds. The van der Waals surface area contributed by atoms with Crippen LogP contribution in [0.4, 0.5) is 0 Å². The van der Waals surface area contributed by atoms with Gasteiger partial charge in [-0.25, -0.2) is 5.01 Å². The Morgan fingerprint density at radius 2 is 1.96 bits per heavy atom. The Bertz CT molecular complexity index is 861. The number of carbonyl (C=O) groups excluding carboxylic acids is 1. The standard InChI is InChI=1S/C18H22N6O2.Cu/c1-5-11(6-2)24-17(25)12-8-7-9-13(14(12)18(24)26)20-21-15-10(3)22-23(4)16(15)19;/h7-9,11,19,26H,5-6H2,1-4H3;/q;+2/p-1. The third-order valence-corrected chi connectivity index (χ3v) is 4.68. The van der Waals surface area contributed by atoms with E-state index in [0.29, 0.717) is 35.5 Å². The summed E-state index contributed by atoms with van der Waals surface area (Å²) in [5.41, 5.74) is 1.89. The maximum atomic E-state index is 12.9. The number of hydrogen-bond donors (Lipinski definition) is 1. The largest absolute Gasteiger partial charge is 2.00 e. The van der Waals surface area contributed by atoms with Gasteiger partial charge in [0.15, 0.2) is 11.5 Å². The molecule has 1 N–H and O–H groups in total. The zero-order valence-corrected chi connectivity index (χ0v) is 16.5. The molecule has 0 bridgehead atoms. The molecule has 0 aromatic rings. The molecule has 0 saturated heterocycles. The van der Waals surface area contributed by atoms with Gasteiger partial charge in [0.2, 0.25) is 0 Å². The van der Waals surface area contributed by atoms with Gasteiger partial charge in [-0.1, -0.05) is 19.9 Å². The molecule has 0 aromatic carbocycles. The summed E-state index contributed by atoms with van der Waals surface area (Å²) < 4.78 is 0. The minimum atomic E-state index is -0.331.